The first-order valence-electron chi connectivity index (χ1n) is 6.72. The summed E-state index contributed by atoms with van der Waals surface area (Å²) in [6.07, 6.45) is 1.18. The Morgan fingerprint density at radius 2 is 1.95 bits per heavy atom. The van der Waals surface area contributed by atoms with Gasteiger partial charge in [0.1, 0.15) is 5.75 Å². The third-order valence-electron chi connectivity index (χ3n) is 2.79. The summed E-state index contributed by atoms with van der Waals surface area (Å²) >= 11 is 1.47. The highest BCUT2D eigenvalue weighted by atomic mass is 32.1. The van der Waals surface area contributed by atoms with Crippen molar-refractivity contribution < 1.29 is 14.3 Å². The van der Waals surface area contributed by atoms with Gasteiger partial charge in [0.15, 0.2) is 5.78 Å². The molecule has 0 radical (unpaired) electrons. The predicted molar refractivity (Wildman–Crippen MR) is 84.1 cm³/mol. The van der Waals surface area contributed by atoms with Crippen molar-refractivity contribution in [1.82, 2.24) is 0 Å². The number of thiophene rings is 1. The van der Waals surface area contributed by atoms with Gasteiger partial charge in [-0.15, -0.1) is 11.3 Å². The van der Waals surface area contributed by atoms with E-state index in [0.717, 1.165) is 16.3 Å². The lowest BCUT2D eigenvalue weighted by molar-refractivity contribution is -0.114. The Morgan fingerprint density at radius 3 is 2.57 bits per heavy atom. The van der Waals surface area contributed by atoms with Gasteiger partial charge in [0.25, 0.3) is 0 Å². The van der Waals surface area contributed by atoms with Gasteiger partial charge in [-0.25, -0.2) is 0 Å². The van der Waals surface area contributed by atoms with E-state index in [-0.39, 0.29) is 11.7 Å². The SMILES string of the molecule is CC(=O)Nc1ccc(OCCCC(=O)c2cccs2)cc1. The quantitative estimate of drug-likeness (QED) is 0.626. The first-order chi connectivity index (χ1) is 10.1. The molecule has 1 N–H and O–H groups in total. The number of carbonyl (C=O) groups excluding carboxylic acids is 2. The van der Waals surface area contributed by atoms with Gasteiger partial charge in [0, 0.05) is 19.0 Å². The van der Waals surface area contributed by atoms with Crippen LogP contribution in [-0.2, 0) is 4.79 Å². The molecule has 1 heterocycles. The third kappa shape index (κ3) is 5.04. The van der Waals surface area contributed by atoms with Crippen molar-refractivity contribution >= 4 is 28.7 Å². The molecule has 0 bridgehead atoms. The standard InChI is InChI=1S/C16H17NO3S/c1-12(18)17-13-6-8-14(9-7-13)20-10-2-4-15(19)16-5-3-11-21-16/h3,5-9,11H,2,4,10H2,1H3,(H,17,18). The van der Waals surface area contributed by atoms with Crippen LogP contribution in [0.5, 0.6) is 5.75 Å². The minimum absolute atomic E-state index is 0.101. The molecule has 4 nitrogen and oxygen atoms in total. The highest BCUT2D eigenvalue weighted by Gasteiger charge is 2.06. The first kappa shape index (κ1) is 15.3. The number of hydrogen-bond acceptors (Lipinski definition) is 4. The Bertz CT molecular complexity index is 590. The molecule has 0 atom stereocenters. The van der Waals surface area contributed by atoms with Crippen LogP contribution in [0.1, 0.15) is 29.4 Å². The number of rotatable bonds is 7. The zero-order valence-electron chi connectivity index (χ0n) is 11.8. The van der Waals surface area contributed by atoms with Crippen LogP contribution in [0.3, 0.4) is 0 Å². The van der Waals surface area contributed by atoms with E-state index in [2.05, 4.69) is 5.32 Å². The minimum Gasteiger partial charge on any atom is -0.494 e. The van der Waals surface area contributed by atoms with E-state index in [1.165, 1.54) is 18.3 Å². The molecule has 2 rings (SSSR count). The lowest BCUT2D eigenvalue weighted by Gasteiger charge is -2.07. The number of Topliss-reactive ketones (excluding diaryl/α,β-unsaturated/α-hetero) is 1. The second kappa shape index (κ2) is 7.59. The van der Waals surface area contributed by atoms with Crippen molar-refractivity contribution in [2.75, 3.05) is 11.9 Å². The molecule has 0 saturated carbocycles. The van der Waals surface area contributed by atoms with Gasteiger partial charge in [-0.1, -0.05) is 6.07 Å². The highest BCUT2D eigenvalue weighted by molar-refractivity contribution is 7.12. The number of ether oxygens (including phenoxy) is 1. The van der Waals surface area contributed by atoms with E-state index < -0.39 is 0 Å². The van der Waals surface area contributed by atoms with E-state index in [0.29, 0.717) is 19.4 Å². The van der Waals surface area contributed by atoms with Crippen molar-refractivity contribution in [1.29, 1.82) is 0 Å². The molecule has 0 aliphatic rings. The minimum atomic E-state index is -0.101. The molecule has 21 heavy (non-hydrogen) atoms. The number of benzene rings is 1. The summed E-state index contributed by atoms with van der Waals surface area (Å²) in [5, 5.41) is 4.59. The van der Waals surface area contributed by atoms with Crippen molar-refractivity contribution in [3.63, 3.8) is 0 Å². The molecule has 1 aromatic carbocycles. The molecule has 0 aliphatic heterocycles. The fourth-order valence-electron chi connectivity index (χ4n) is 1.82. The Hall–Kier alpha value is -2.14. The van der Waals surface area contributed by atoms with Crippen LogP contribution < -0.4 is 10.1 Å². The maximum Gasteiger partial charge on any atom is 0.221 e. The summed E-state index contributed by atoms with van der Waals surface area (Å²) < 4.78 is 5.57. The van der Waals surface area contributed by atoms with Crippen LogP contribution in [0.2, 0.25) is 0 Å². The Kier molecular flexibility index (Phi) is 5.51. The molecule has 0 aliphatic carbocycles. The maximum absolute atomic E-state index is 11.8. The van der Waals surface area contributed by atoms with Crippen LogP contribution >= 0.6 is 11.3 Å². The second-order valence-electron chi connectivity index (χ2n) is 4.56. The average molecular weight is 303 g/mol. The molecule has 5 heteroatoms. The summed E-state index contributed by atoms with van der Waals surface area (Å²) in [5.74, 6) is 0.790. The topological polar surface area (TPSA) is 55.4 Å². The summed E-state index contributed by atoms with van der Waals surface area (Å²) in [6.45, 7) is 1.96. The van der Waals surface area contributed by atoms with Crippen LogP contribution in [0.15, 0.2) is 41.8 Å². The van der Waals surface area contributed by atoms with Gasteiger partial charge in [-0.05, 0) is 42.1 Å². The number of anilines is 1. The van der Waals surface area contributed by atoms with Crippen LogP contribution in [0, 0.1) is 0 Å². The van der Waals surface area contributed by atoms with E-state index >= 15 is 0 Å². The molecule has 0 unspecified atom stereocenters. The van der Waals surface area contributed by atoms with Gasteiger partial charge < -0.3 is 10.1 Å². The normalized spacial score (nSPS) is 10.1. The molecule has 0 spiro atoms. The number of carbonyl (C=O) groups is 2. The Morgan fingerprint density at radius 1 is 1.19 bits per heavy atom. The Labute approximate surface area is 127 Å². The van der Waals surface area contributed by atoms with E-state index in [4.69, 9.17) is 4.74 Å². The molecule has 1 aromatic heterocycles. The molecular formula is C16H17NO3S. The molecule has 110 valence electrons. The maximum atomic E-state index is 11.8. The molecule has 0 saturated heterocycles. The summed E-state index contributed by atoms with van der Waals surface area (Å²) in [4.78, 5) is 23.5. The molecule has 0 fully saturated rings. The first-order valence-corrected chi connectivity index (χ1v) is 7.60. The molecule has 2 aromatic rings. The molecule has 1 amide bonds. The largest absolute Gasteiger partial charge is 0.494 e. The zero-order valence-corrected chi connectivity index (χ0v) is 12.6. The van der Waals surface area contributed by atoms with Gasteiger partial charge in [0.05, 0.1) is 11.5 Å². The van der Waals surface area contributed by atoms with Crippen LogP contribution in [-0.4, -0.2) is 18.3 Å². The lowest BCUT2D eigenvalue weighted by atomic mass is 10.2. The van der Waals surface area contributed by atoms with E-state index in [1.54, 1.807) is 24.3 Å². The number of amides is 1. The fraction of sp³-hybridized carbons (Fsp3) is 0.250. The van der Waals surface area contributed by atoms with Crippen LogP contribution in [0.25, 0.3) is 0 Å². The van der Waals surface area contributed by atoms with E-state index in [1.807, 2.05) is 17.5 Å². The Balaban J connectivity index is 1.71. The number of ketones is 1. The van der Waals surface area contributed by atoms with Crippen molar-refractivity contribution in [3.8, 4) is 5.75 Å². The average Bonchev–Trinajstić information content (AvgIpc) is 2.99. The summed E-state index contributed by atoms with van der Waals surface area (Å²) in [7, 11) is 0. The van der Waals surface area contributed by atoms with Gasteiger partial charge in [-0.2, -0.15) is 0 Å². The van der Waals surface area contributed by atoms with Crippen LogP contribution in [0.4, 0.5) is 5.69 Å². The van der Waals surface area contributed by atoms with Crippen molar-refractivity contribution in [2.24, 2.45) is 0 Å². The summed E-state index contributed by atoms with van der Waals surface area (Å²) in [6, 6.07) is 10.9. The smallest absolute Gasteiger partial charge is 0.221 e. The fourth-order valence-corrected chi connectivity index (χ4v) is 2.52. The van der Waals surface area contributed by atoms with Crippen molar-refractivity contribution in [3.05, 3.63) is 46.7 Å². The third-order valence-corrected chi connectivity index (χ3v) is 3.70. The summed E-state index contributed by atoms with van der Waals surface area (Å²) in [5.41, 5.74) is 0.739. The predicted octanol–water partition coefficient (Wildman–Crippen LogP) is 3.75. The van der Waals surface area contributed by atoms with E-state index in [9.17, 15) is 9.59 Å². The number of hydrogen-bond donors (Lipinski definition) is 1. The second-order valence-corrected chi connectivity index (χ2v) is 5.51. The zero-order chi connectivity index (χ0) is 15.1. The van der Waals surface area contributed by atoms with Gasteiger partial charge >= 0.3 is 0 Å². The van der Waals surface area contributed by atoms with Gasteiger partial charge in [-0.3, -0.25) is 9.59 Å². The lowest BCUT2D eigenvalue weighted by Crippen LogP contribution is -2.05. The van der Waals surface area contributed by atoms with Gasteiger partial charge in [0.2, 0.25) is 5.91 Å². The monoisotopic (exact) mass is 303 g/mol. The van der Waals surface area contributed by atoms with Crippen molar-refractivity contribution in [2.45, 2.75) is 19.8 Å². The number of nitrogens with one attached hydrogen (secondary N) is 1. The highest BCUT2D eigenvalue weighted by Crippen LogP contribution is 2.16. The molecular weight excluding hydrogens is 286 g/mol.